The summed E-state index contributed by atoms with van der Waals surface area (Å²) >= 11 is 3.29. The number of anilines is 1. The van der Waals surface area contributed by atoms with Crippen molar-refractivity contribution in [1.29, 1.82) is 0 Å². The summed E-state index contributed by atoms with van der Waals surface area (Å²) in [5, 5.41) is 20.4. The van der Waals surface area contributed by atoms with Gasteiger partial charge in [-0.15, -0.1) is 0 Å². The molecule has 0 aromatic heterocycles. The Kier molecular flexibility index (Phi) is 4.58. The van der Waals surface area contributed by atoms with Crippen molar-refractivity contribution in [3.8, 4) is 0 Å². The monoisotopic (exact) mass is 273 g/mol. The molecule has 0 aliphatic heterocycles. The zero-order valence-corrected chi connectivity index (χ0v) is 9.57. The zero-order chi connectivity index (χ0) is 11.3. The van der Waals surface area contributed by atoms with E-state index in [4.69, 9.17) is 10.2 Å². The molecule has 0 bridgehead atoms. The highest BCUT2D eigenvalue weighted by Crippen LogP contribution is 2.15. The molecule has 3 N–H and O–H groups in total. The van der Waals surface area contributed by atoms with E-state index in [0.29, 0.717) is 0 Å². The van der Waals surface area contributed by atoms with Gasteiger partial charge in [-0.1, -0.05) is 15.9 Å². The van der Waals surface area contributed by atoms with E-state index in [9.17, 15) is 4.79 Å². The first-order valence-electron chi connectivity index (χ1n) is 4.49. The van der Waals surface area contributed by atoms with E-state index in [0.717, 1.165) is 10.2 Å². The normalized spacial score (nSPS) is 12.1. The van der Waals surface area contributed by atoms with Crippen molar-refractivity contribution < 1.29 is 15.0 Å². The summed E-state index contributed by atoms with van der Waals surface area (Å²) in [6, 6.07) is 6.44. The van der Waals surface area contributed by atoms with Crippen LogP contribution in [0.4, 0.5) is 5.69 Å². The molecule has 0 fully saturated rings. The molecule has 0 saturated carbocycles. The summed E-state index contributed by atoms with van der Waals surface area (Å²) in [6.45, 7) is -0.152. The SMILES string of the molecule is O=C(O)C(CCO)Nc1ccc(Br)cc1. The molecule has 15 heavy (non-hydrogen) atoms. The van der Waals surface area contributed by atoms with Crippen LogP contribution in [-0.4, -0.2) is 28.8 Å². The highest BCUT2D eigenvalue weighted by molar-refractivity contribution is 9.10. The fourth-order valence-corrected chi connectivity index (χ4v) is 1.40. The molecule has 0 aliphatic carbocycles. The molecule has 0 heterocycles. The van der Waals surface area contributed by atoms with Crippen LogP contribution in [0.3, 0.4) is 0 Å². The van der Waals surface area contributed by atoms with Gasteiger partial charge >= 0.3 is 5.97 Å². The van der Waals surface area contributed by atoms with Crippen molar-refractivity contribution in [3.05, 3.63) is 28.7 Å². The Bertz CT molecular complexity index is 326. The summed E-state index contributed by atoms with van der Waals surface area (Å²) in [5.41, 5.74) is 0.721. The van der Waals surface area contributed by atoms with Crippen molar-refractivity contribution in [2.75, 3.05) is 11.9 Å². The van der Waals surface area contributed by atoms with Crippen molar-refractivity contribution in [2.24, 2.45) is 0 Å². The van der Waals surface area contributed by atoms with Crippen LogP contribution in [0.15, 0.2) is 28.7 Å². The number of aliphatic carboxylic acids is 1. The number of benzene rings is 1. The largest absolute Gasteiger partial charge is 0.480 e. The molecule has 0 amide bonds. The van der Waals surface area contributed by atoms with Gasteiger partial charge in [-0.25, -0.2) is 4.79 Å². The number of rotatable bonds is 5. The predicted octanol–water partition coefficient (Wildman–Crippen LogP) is 1.70. The lowest BCUT2D eigenvalue weighted by molar-refractivity contribution is -0.138. The number of hydrogen-bond donors (Lipinski definition) is 3. The molecular weight excluding hydrogens is 262 g/mol. The van der Waals surface area contributed by atoms with Crippen molar-refractivity contribution in [2.45, 2.75) is 12.5 Å². The van der Waals surface area contributed by atoms with E-state index in [2.05, 4.69) is 21.2 Å². The Balaban J connectivity index is 2.65. The van der Waals surface area contributed by atoms with Gasteiger partial charge in [0.1, 0.15) is 6.04 Å². The van der Waals surface area contributed by atoms with Gasteiger partial charge < -0.3 is 15.5 Å². The summed E-state index contributed by atoms with van der Waals surface area (Å²) in [6.07, 6.45) is 0.186. The van der Waals surface area contributed by atoms with Crippen LogP contribution < -0.4 is 5.32 Å². The molecule has 0 aliphatic rings. The van der Waals surface area contributed by atoms with Crippen LogP contribution >= 0.6 is 15.9 Å². The summed E-state index contributed by atoms with van der Waals surface area (Å²) in [5.74, 6) is -0.966. The highest BCUT2D eigenvalue weighted by Gasteiger charge is 2.15. The lowest BCUT2D eigenvalue weighted by atomic mass is 10.2. The first-order valence-corrected chi connectivity index (χ1v) is 5.28. The molecule has 1 aromatic carbocycles. The molecular formula is C10H12BrNO3. The second-order valence-electron chi connectivity index (χ2n) is 3.05. The third-order valence-electron chi connectivity index (χ3n) is 1.90. The molecule has 1 rings (SSSR count). The maximum absolute atomic E-state index is 10.8. The number of aliphatic hydroxyl groups is 1. The predicted molar refractivity (Wildman–Crippen MR) is 60.9 cm³/mol. The molecule has 1 unspecified atom stereocenters. The average molecular weight is 274 g/mol. The van der Waals surface area contributed by atoms with E-state index in [1.54, 1.807) is 12.1 Å². The van der Waals surface area contributed by atoms with Gasteiger partial charge in [0.15, 0.2) is 0 Å². The number of carboxylic acids is 1. The van der Waals surface area contributed by atoms with Crippen molar-refractivity contribution in [3.63, 3.8) is 0 Å². The molecule has 82 valence electrons. The van der Waals surface area contributed by atoms with E-state index < -0.39 is 12.0 Å². The van der Waals surface area contributed by atoms with Crippen LogP contribution in [0.1, 0.15) is 6.42 Å². The molecule has 4 nitrogen and oxygen atoms in total. The van der Waals surface area contributed by atoms with Crippen molar-refractivity contribution >= 4 is 27.6 Å². The Morgan fingerprint density at radius 3 is 2.47 bits per heavy atom. The zero-order valence-electron chi connectivity index (χ0n) is 7.98. The van der Waals surface area contributed by atoms with Gasteiger partial charge in [0.25, 0.3) is 0 Å². The summed E-state index contributed by atoms with van der Waals surface area (Å²) < 4.78 is 0.932. The maximum Gasteiger partial charge on any atom is 0.326 e. The third-order valence-corrected chi connectivity index (χ3v) is 2.43. The van der Waals surface area contributed by atoms with E-state index in [-0.39, 0.29) is 13.0 Å². The number of aliphatic hydroxyl groups excluding tert-OH is 1. The Labute approximate surface area is 96.1 Å². The van der Waals surface area contributed by atoms with Crippen LogP contribution in [0.2, 0.25) is 0 Å². The maximum atomic E-state index is 10.8. The van der Waals surface area contributed by atoms with Gasteiger partial charge in [-0.05, 0) is 24.3 Å². The molecule has 0 radical (unpaired) electrons. The van der Waals surface area contributed by atoms with Crippen LogP contribution in [0, 0.1) is 0 Å². The van der Waals surface area contributed by atoms with Gasteiger partial charge in [0, 0.05) is 23.2 Å². The Morgan fingerprint density at radius 1 is 1.40 bits per heavy atom. The van der Waals surface area contributed by atoms with Crippen LogP contribution in [-0.2, 0) is 4.79 Å². The van der Waals surface area contributed by atoms with E-state index >= 15 is 0 Å². The smallest absolute Gasteiger partial charge is 0.326 e. The van der Waals surface area contributed by atoms with Gasteiger partial charge in [0.05, 0.1) is 0 Å². The standard InChI is InChI=1S/C10H12BrNO3/c11-7-1-3-8(4-2-7)12-9(5-6-13)10(14)15/h1-4,9,12-13H,5-6H2,(H,14,15). The lowest BCUT2D eigenvalue weighted by Gasteiger charge is -2.14. The number of halogens is 1. The van der Waals surface area contributed by atoms with E-state index in [1.807, 2.05) is 12.1 Å². The number of carboxylic acid groups (broad SMARTS) is 1. The topological polar surface area (TPSA) is 69.6 Å². The summed E-state index contributed by atoms with van der Waals surface area (Å²) in [7, 11) is 0. The third kappa shape index (κ3) is 3.89. The van der Waals surface area contributed by atoms with Gasteiger partial charge in [-0.2, -0.15) is 0 Å². The second-order valence-corrected chi connectivity index (χ2v) is 3.97. The minimum Gasteiger partial charge on any atom is -0.480 e. The van der Waals surface area contributed by atoms with Gasteiger partial charge in [0.2, 0.25) is 0 Å². The van der Waals surface area contributed by atoms with Crippen LogP contribution in [0.25, 0.3) is 0 Å². The number of carbonyl (C=O) groups is 1. The fraction of sp³-hybridized carbons (Fsp3) is 0.300. The highest BCUT2D eigenvalue weighted by atomic mass is 79.9. The van der Waals surface area contributed by atoms with Crippen LogP contribution in [0.5, 0.6) is 0 Å². The summed E-state index contributed by atoms with van der Waals surface area (Å²) in [4.78, 5) is 10.8. The quantitative estimate of drug-likeness (QED) is 0.764. The molecule has 0 saturated heterocycles. The molecule has 1 atom stereocenters. The minimum atomic E-state index is -0.966. The Morgan fingerprint density at radius 2 is 2.00 bits per heavy atom. The second kappa shape index (κ2) is 5.72. The Hall–Kier alpha value is -1.07. The fourth-order valence-electron chi connectivity index (χ4n) is 1.13. The lowest BCUT2D eigenvalue weighted by Crippen LogP contribution is -2.30. The first-order chi connectivity index (χ1) is 7.13. The van der Waals surface area contributed by atoms with Gasteiger partial charge in [-0.3, -0.25) is 0 Å². The van der Waals surface area contributed by atoms with E-state index in [1.165, 1.54) is 0 Å². The number of hydrogen-bond acceptors (Lipinski definition) is 3. The molecule has 1 aromatic rings. The van der Waals surface area contributed by atoms with Crippen molar-refractivity contribution in [1.82, 2.24) is 0 Å². The number of nitrogens with one attached hydrogen (secondary N) is 1. The molecule has 5 heteroatoms. The molecule has 0 spiro atoms. The average Bonchev–Trinajstić information content (AvgIpc) is 2.20. The first kappa shape index (κ1) is 12.0. The minimum absolute atomic E-state index is 0.152.